The van der Waals surface area contributed by atoms with Crippen molar-refractivity contribution in [1.29, 1.82) is 0 Å². The molecular weight excluding hydrogens is 1460 g/mol. The number of thioether (sulfide) groups is 1. The molecule has 4 aliphatic rings. The van der Waals surface area contributed by atoms with Crippen LogP contribution >= 0.6 is 23.4 Å². The first-order valence-electron chi connectivity index (χ1n) is 37.3. The van der Waals surface area contributed by atoms with Crippen LogP contribution in [0.2, 0.25) is 5.02 Å². The van der Waals surface area contributed by atoms with Gasteiger partial charge in [-0.3, -0.25) is 39.0 Å². The van der Waals surface area contributed by atoms with Crippen molar-refractivity contribution in [2.75, 3.05) is 217 Å². The van der Waals surface area contributed by atoms with E-state index in [2.05, 4.69) is 22.9 Å². The van der Waals surface area contributed by atoms with Crippen LogP contribution in [0.4, 0.5) is 10.5 Å². The van der Waals surface area contributed by atoms with E-state index in [4.69, 9.17) is 92.1 Å². The Kier molecular flexibility index (Phi) is 45.2. The monoisotopic (exact) mass is 1570 g/mol. The summed E-state index contributed by atoms with van der Waals surface area (Å²) >= 11 is 7.96. The van der Waals surface area contributed by atoms with E-state index < -0.39 is 95.1 Å². The second-order valence-electron chi connectivity index (χ2n) is 26.4. The first-order chi connectivity index (χ1) is 52.1. The van der Waals surface area contributed by atoms with Crippen LogP contribution in [0.5, 0.6) is 5.75 Å². The normalized spacial score (nSPS) is 22.8. The summed E-state index contributed by atoms with van der Waals surface area (Å²) in [5.41, 5.74) is -1.26. The Balaban J connectivity index is 0.839. The number of nitrogens with one attached hydrogen (secondary N) is 3. The molecule has 34 heteroatoms. The van der Waals surface area contributed by atoms with Gasteiger partial charge in [-0.25, -0.2) is 9.59 Å². The summed E-state index contributed by atoms with van der Waals surface area (Å²) in [7, 11) is 5.83. The van der Waals surface area contributed by atoms with Gasteiger partial charge in [0.2, 0.25) is 35.4 Å². The number of methoxy groups -OCH3 is 2. The Morgan fingerprint density at radius 2 is 1.22 bits per heavy atom. The van der Waals surface area contributed by atoms with Gasteiger partial charge < -0.3 is 106 Å². The van der Waals surface area contributed by atoms with E-state index in [1.807, 2.05) is 13.0 Å². The molecule has 614 valence electrons. The van der Waals surface area contributed by atoms with Crippen LogP contribution in [0.1, 0.15) is 98.0 Å². The summed E-state index contributed by atoms with van der Waals surface area (Å²) in [6, 6.07) is 2.35. The number of unbranched alkanes of at least 4 members (excludes halogenated alkanes) is 2. The highest BCUT2D eigenvalue weighted by Gasteiger charge is 2.64. The molecule has 1 aromatic carbocycles. The number of carbonyl (C=O) groups is 8. The van der Waals surface area contributed by atoms with Crippen molar-refractivity contribution in [1.82, 2.24) is 25.8 Å². The van der Waals surface area contributed by atoms with E-state index >= 15 is 0 Å². The molecule has 4 heterocycles. The number of amides is 7. The molecule has 9 atom stereocenters. The zero-order valence-corrected chi connectivity index (χ0v) is 66.2. The van der Waals surface area contributed by atoms with Gasteiger partial charge in [0.25, 0.3) is 0 Å². The average Bonchev–Trinajstić information content (AvgIpc) is 1.57. The average molecular weight is 1580 g/mol. The molecule has 5 rings (SSSR count). The Morgan fingerprint density at radius 3 is 1.74 bits per heavy atom. The summed E-state index contributed by atoms with van der Waals surface area (Å²) < 4.78 is 95.7. The zero-order valence-electron chi connectivity index (χ0n) is 64.6. The number of hydrogen-bond donors (Lipinski definition) is 4. The third-order valence-corrected chi connectivity index (χ3v) is 19.8. The molecule has 0 aliphatic carbocycles. The Hall–Kier alpha value is -5.70. The third-order valence-electron chi connectivity index (χ3n) is 18.2. The lowest BCUT2D eigenvalue weighted by molar-refractivity contribution is -0.162. The molecule has 3 saturated heterocycles. The SMILES string of the molecule is CCCCCNC(=O)CCOCCOCCOCCOCCOCCOCCOCCOCCOCCOCCOCCOCCNC(=O)CCN1C(=O)CC(SCCC(=O)N(C)[C@H](C)C(=O)O[C@H]2CC(=O)N(C)c3cc(cc(OC)c3Cl)C/C(C)=C/C=C/[C@@H](OC)[C@@]3(O)C[C@H](OC(=O)N3)[C@@H](C)[C@@H]3O[C@@]23C)C1=O. The third kappa shape index (κ3) is 34.1. The minimum Gasteiger partial charge on any atom is -0.495 e. The molecule has 0 saturated carbocycles. The van der Waals surface area contributed by atoms with E-state index in [0.29, 0.717) is 176 Å². The molecule has 0 aromatic heterocycles. The number of allylic oxidation sites excluding steroid dienone is 3. The number of likely N-dealkylation sites (tertiary alicyclic amines) is 1. The van der Waals surface area contributed by atoms with E-state index in [9.17, 15) is 43.5 Å². The second kappa shape index (κ2) is 52.5. The summed E-state index contributed by atoms with van der Waals surface area (Å²) in [5.74, 6) is -3.24. The van der Waals surface area contributed by atoms with Crippen molar-refractivity contribution in [2.45, 2.75) is 146 Å². The van der Waals surface area contributed by atoms with Gasteiger partial charge in [0.1, 0.15) is 40.7 Å². The number of ether oxygens (including phenoxy) is 17. The summed E-state index contributed by atoms with van der Waals surface area (Å²) in [6.07, 6.45) is 3.50. The summed E-state index contributed by atoms with van der Waals surface area (Å²) in [6.45, 7) is 19.6. The molecule has 0 spiro atoms. The number of esters is 1. The Labute approximate surface area is 644 Å². The number of epoxide rings is 1. The molecule has 4 bridgehead atoms. The highest BCUT2D eigenvalue weighted by atomic mass is 35.5. The van der Waals surface area contributed by atoms with Gasteiger partial charge in [-0.15, -0.1) is 11.8 Å². The first-order valence-corrected chi connectivity index (χ1v) is 38.8. The number of likely N-dealkylation sites (N-methyl/N-ethyl adjacent to an activating group) is 1. The fraction of sp³-hybridized carbons (Fsp3) is 0.757. The fourth-order valence-corrected chi connectivity index (χ4v) is 13.1. The quantitative estimate of drug-likeness (QED) is 0.0308. The van der Waals surface area contributed by atoms with Crippen molar-refractivity contribution in [3.8, 4) is 5.75 Å². The predicted molar refractivity (Wildman–Crippen MR) is 398 cm³/mol. The topological polar surface area (TPSA) is 363 Å². The summed E-state index contributed by atoms with van der Waals surface area (Å²) in [5, 5.41) is 19.4. The van der Waals surface area contributed by atoms with Crippen LogP contribution in [-0.4, -0.2) is 322 Å². The largest absolute Gasteiger partial charge is 0.495 e. The number of fused-ring (bicyclic) bond motifs is 5. The van der Waals surface area contributed by atoms with Gasteiger partial charge in [-0.1, -0.05) is 62.1 Å². The predicted octanol–water partition coefficient (Wildman–Crippen LogP) is 4.17. The molecule has 32 nitrogen and oxygen atoms in total. The smallest absolute Gasteiger partial charge is 0.409 e. The van der Waals surface area contributed by atoms with Gasteiger partial charge in [-0.05, 0) is 51.3 Å². The van der Waals surface area contributed by atoms with Gasteiger partial charge in [-0.2, -0.15) is 0 Å². The van der Waals surface area contributed by atoms with Gasteiger partial charge in [0.15, 0.2) is 5.72 Å². The number of aliphatic hydroxyl groups is 1. The lowest BCUT2D eigenvalue weighted by Crippen LogP contribution is -2.63. The van der Waals surface area contributed by atoms with Crippen LogP contribution < -0.4 is 25.6 Å². The van der Waals surface area contributed by atoms with Crippen LogP contribution in [0.3, 0.4) is 0 Å². The summed E-state index contributed by atoms with van der Waals surface area (Å²) in [4.78, 5) is 110. The van der Waals surface area contributed by atoms with Crippen LogP contribution in [0, 0.1) is 5.92 Å². The minimum absolute atomic E-state index is 0.0153. The molecule has 4 aliphatic heterocycles. The van der Waals surface area contributed by atoms with E-state index in [1.54, 1.807) is 38.1 Å². The number of carbonyl (C=O) groups excluding carboxylic acids is 8. The van der Waals surface area contributed by atoms with Crippen molar-refractivity contribution in [3.63, 3.8) is 0 Å². The second-order valence-corrected chi connectivity index (χ2v) is 28.0. The highest BCUT2D eigenvalue weighted by molar-refractivity contribution is 8.00. The van der Waals surface area contributed by atoms with Gasteiger partial charge in [0.05, 0.1) is 189 Å². The maximum atomic E-state index is 14.4. The molecule has 7 amide bonds. The molecule has 108 heavy (non-hydrogen) atoms. The van der Waals surface area contributed by atoms with Crippen molar-refractivity contribution in [2.24, 2.45) is 5.92 Å². The molecule has 3 fully saturated rings. The number of hydrogen-bond acceptors (Lipinski definition) is 27. The lowest BCUT2D eigenvalue weighted by Gasteiger charge is -2.42. The number of halogens is 1. The van der Waals surface area contributed by atoms with Gasteiger partial charge >= 0.3 is 12.1 Å². The molecule has 0 radical (unpaired) electrons. The first kappa shape index (κ1) is 92.9. The number of imide groups is 1. The number of anilines is 1. The highest BCUT2D eigenvalue weighted by Crippen LogP contribution is 2.49. The molecule has 4 N–H and O–H groups in total. The Morgan fingerprint density at radius 1 is 0.713 bits per heavy atom. The van der Waals surface area contributed by atoms with Crippen LogP contribution in [0.15, 0.2) is 35.9 Å². The van der Waals surface area contributed by atoms with E-state index in [-0.39, 0.29) is 68.0 Å². The maximum absolute atomic E-state index is 14.4. The lowest BCUT2D eigenvalue weighted by atomic mass is 9.83. The van der Waals surface area contributed by atoms with Crippen molar-refractivity contribution in [3.05, 3.63) is 46.5 Å². The zero-order chi connectivity index (χ0) is 78.5. The number of nitrogens with zero attached hydrogens (tertiary/aromatic N) is 3. The molecule has 1 aromatic rings. The Bertz CT molecular complexity index is 2940. The standard InChI is InChI=1S/C74H119ClN6O26S/c1-10-11-12-19-76-64(83)17-22-93-24-26-95-28-30-97-32-34-99-36-38-101-40-42-103-44-45-104-43-41-102-39-37-100-35-33-98-31-29-96-27-25-94-23-20-77-63(82)16-21-81-67(86)50-60(70(81)87)108-46-18-65(84)79(6)55(4)71(88)106-62-51-66(85)80(7)57-48-56(49-58(91-8)68(57)75)47-53(2)14-13-15-61(92-9)74(90)52-59(105-72(89)78-74)54(3)69-73(62,5)107-69/h13-15,48-49,54-55,59-62,69,90H,10-12,16-47,50-52H2,1-9H3,(H,76,83)(H,77,82)(H,78,89)/b15-13+,53-14+/t54-,55-,59+,60?,61-,62+,69+,73+,74+/m1/s1. The van der Waals surface area contributed by atoms with Crippen molar-refractivity contribution >= 4 is 76.6 Å². The minimum atomic E-state index is -1.90. The maximum Gasteiger partial charge on any atom is 0.409 e. The molecule has 1 unspecified atom stereocenters. The number of rotatable bonds is 55. The van der Waals surface area contributed by atoms with Crippen LogP contribution in [-0.2, 0) is 116 Å². The van der Waals surface area contributed by atoms with E-state index in [0.717, 1.165) is 53.6 Å². The number of benzene rings is 1. The molecular formula is C74H119ClN6O26S. The van der Waals surface area contributed by atoms with E-state index in [1.165, 1.54) is 45.0 Å². The fourth-order valence-electron chi connectivity index (χ4n) is 11.6. The number of alkyl carbamates (subject to hydrolysis) is 1. The van der Waals surface area contributed by atoms with Crippen LogP contribution in [0.25, 0.3) is 0 Å². The van der Waals surface area contributed by atoms with Gasteiger partial charge in [0, 0.05) is 84.6 Å². The van der Waals surface area contributed by atoms with Crippen molar-refractivity contribution < 1.29 is 124 Å².